The molecule has 0 radical (unpaired) electrons. The average Bonchev–Trinajstić information content (AvgIpc) is 2.55. The summed E-state index contributed by atoms with van der Waals surface area (Å²) in [6, 6.07) is 9.64. The van der Waals surface area contributed by atoms with Crippen LogP contribution < -0.4 is 10.6 Å². The topological polar surface area (TPSA) is 84.5 Å². The van der Waals surface area contributed by atoms with Crippen LogP contribution in [0.4, 0.5) is 4.79 Å². The fourth-order valence-electron chi connectivity index (χ4n) is 1.81. The largest absolute Gasteiger partial charge is 0.469 e. The van der Waals surface area contributed by atoms with Gasteiger partial charge in [-0.2, -0.15) is 0 Å². The van der Waals surface area contributed by atoms with Crippen LogP contribution in [0.3, 0.4) is 0 Å². The number of aryl methyl sites for hydroxylation is 1. The van der Waals surface area contributed by atoms with Crippen molar-refractivity contribution in [1.29, 1.82) is 0 Å². The Morgan fingerprint density at radius 2 is 1.77 bits per heavy atom. The molecule has 0 spiro atoms. The number of amides is 2. The highest BCUT2D eigenvalue weighted by molar-refractivity contribution is 5.87. The number of urea groups is 1. The van der Waals surface area contributed by atoms with Crippen LogP contribution in [-0.4, -0.2) is 38.0 Å². The molecule has 0 heterocycles. The second kappa shape index (κ2) is 10.4. The minimum Gasteiger partial charge on any atom is -0.469 e. The van der Waals surface area contributed by atoms with Gasteiger partial charge in [-0.15, -0.1) is 0 Å². The van der Waals surface area contributed by atoms with Gasteiger partial charge in [0.1, 0.15) is 0 Å². The number of esters is 1. The third-order valence-electron chi connectivity index (χ3n) is 3.05. The molecule has 6 heteroatoms. The van der Waals surface area contributed by atoms with E-state index in [1.807, 2.05) is 30.3 Å². The van der Waals surface area contributed by atoms with Gasteiger partial charge < -0.3 is 15.4 Å². The molecule has 120 valence electrons. The van der Waals surface area contributed by atoms with E-state index in [-0.39, 0.29) is 31.2 Å². The number of nitrogens with one attached hydrogen (secondary N) is 2. The van der Waals surface area contributed by atoms with E-state index < -0.39 is 5.97 Å². The summed E-state index contributed by atoms with van der Waals surface area (Å²) in [5.41, 5.74) is 1.22. The summed E-state index contributed by atoms with van der Waals surface area (Å²) in [5, 5.41) is 5.16. The van der Waals surface area contributed by atoms with Crippen LogP contribution in [0.2, 0.25) is 0 Å². The Labute approximate surface area is 130 Å². The minimum absolute atomic E-state index is 0.0374. The summed E-state index contributed by atoms with van der Waals surface area (Å²) in [7, 11) is 1.27. The van der Waals surface area contributed by atoms with Crippen LogP contribution in [0.1, 0.15) is 24.8 Å². The van der Waals surface area contributed by atoms with Gasteiger partial charge in [0.05, 0.1) is 20.1 Å². The van der Waals surface area contributed by atoms with E-state index in [9.17, 15) is 14.4 Å². The molecule has 0 aliphatic rings. The maximum atomic E-state index is 11.5. The minimum atomic E-state index is -0.432. The standard InChI is InChI=1S/C16H22N2O4/c1-22-15(20)10-9-14(19)12-18-16(21)17-11-5-8-13-6-3-2-4-7-13/h2-4,6-7H,5,8-12H2,1H3,(H2,17,18,21). The lowest BCUT2D eigenvalue weighted by Gasteiger charge is -2.07. The number of rotatable bonds is 9. The van der Waals surface area contributed by atoms with E-state index in [1.54, 1.807) is 0 Å². The second-order valence-electron chi connectivity index (χ2n) is 4.81. The Balaban J connectivity index is 2.06. The van der Waals surface area contributed by atoms with Crippen molar-refractivity contribution in [2.75, 3.05) is 20.2 Å². The van der Waals surface area contributed by atoms with E-state index in [2.05, 4.69) is 15.4 Å². The second-order valence-corrected chi connectivity index (χ2v) is 4.81. The van der Waals surface area contributed by atoms with Gasteiger partial charge in [-0.3, -0.25) is 9.59 Å². The van der Waals surface area contributed by atoms with Crippen molar-refractivity contribution in [3.63, 3.8) is 0 Å². The maximum absolute atomic E-state index is 11.5. The zero-order valence-electron chi connectivity index (χ0n) is 12.8. The predicted octanol–water partition coefficient (Wildman–Crippen LogP) is 1.44. The fourth-order valence-corrected chi connectivity index (χ4v) is 1.81. The number of Topliss-reactive ketones (excluding diaryl/α,β-unsaturated/α-hetero) is 1. The Kier molecular flexibility index (Phi) is 8.33. The lowest BCUT2D eigenvalue weighted by molar-refractivity contribution is -0.141. The van der Waals surface area contributed by atoms with E-state index in [1.165, 1.54) is 12.7 Å². The molecule has 0 aliphatic heterocycles. The lowest BCUT2D eigenvalue weighted by Crippen LogP contribution is -2.39. The van der Waals surface area contributed by atoms with Crippen LogP contribution in [0.15, 0.2) is 30.3 Å². The van der Waals surface area contributed by atoms with E-state index >= 15 is 0 Å². The van der Waals surface area contributed by atoms with Gasteiger partial charge >= 0.3 is 12.0 Å². The van der Waals surface area contributed by atoms with Crippen molar-refractivity contribution in [3.8, 4) is 0 Å². The van der Waals surface area contributed by atoms with Gasteiger partial charge in [0.15, 0.2) is 5.78 Å². The number of carbonyl (C=O) groups excluding carboxylic acids is 3. The lowest BCUT2D eigenvalue weighted by atomic mass is 10.1. The van der Waals surface area contributed by atoms with Crippen molar-refractivity contribution in [2.24, 2.45) is 0 Å². The molecule has 6 nitrogen and oxygen atoms in total. The van der Waals surface area contributed by atoms with Crippen molar-refractivity contribution in [3.05, 3.63) is 35.9 Å². The summed E-state index contributed by atoms with van der Waals surface area (Å²) < 4.78 is 4.44. The van der Waals surface area contributed by atoms with Gasteiger partial charge in [0, 0.05) is 13.0 Å². The monoisotopic (exact) mass is 306 g/mol. The Morgan fingerprint density at radius 3 is 2.45 bits per heavy atom. The van der Waals surface area contributed by atoms with Gasteiger partial charge in [-0.25, -0.2) is 4.79 Å². The number of methoxy groups -OCH3 is 1. The summed E-state index contributed by atoms with van der Waals surface area (Å²) in [5.74, 6) is -0.636. The van der Waals surface area contributed by atoms with E-state index in [0.29, 0.717) is 6.54 Å². The maximum Gasteiger partial charge on any atom is 0.315 e. The third-order valence-corrected chi connectivity index (χ3v) is 3.05. The SMILES string of the molecule is COC(=O)CCC(=O)CNC(=O)NCCCc1ccccc1. The zero-order valence-corrected chi connectivity index (χ0v) is 12.8. The number of benzene rings is 1. The molecule has 0 aromatic heterocycles. The van der Waals surface area contributed by atoms with Crippen LogP contribution in [0.25, 0.3) is 0 Å². The van der Waals surface area contributed by atoms with Gasteiger partial charge in [0.25, 0.3) is 0 Å². The molecule has 1 aromatic carbocycles. The highest BCUT2D eigenvalue weighted by Gasteiger charge is 2.08. The number of ketones is 1. The molecule has 0 saturated heterocycles. The summed E-state index contributed by atoms with van der Waals surface area (Å²) in [6.45, 7) is 0.457. The molecular weight excluding hydrogens is 284 g/mol. The first kappa shape index (κ1) is 17.7. The third kappa shape index (κ3) is 8.04. The van der Waals surface area contributed by atoms with Crippen LogP contribution in [0.5, 0.6) is 0 Å². The molecule has 1 aromatic rings. The molecule has 0 unspecified atom stereocenters. The molecule has 1 rings (SSSR count). The number of hydrogen-bond acceptors (Lipinski definition) is 4. The number of carbonyl (C=O) groups is 3. The molecule has 0 aliphatic carbocycles. The Hall–Kier alpha value is -2.37. The first-order valence-corrected chi connectivity index (χ1v) is 7.26. The first-order chi connectivity index (χ1) is 10.6. The molecule has 22 heavy (non-hydrogen) atoms. The molecular formula is C16H22N2O4. The quantitative estimate of drug-likeness (QED) is 0.534. The predicted molar refractivity (Wildman–Crippen MR) is 82.4 cm³/mol. The smallest absolute Gasteiger partial charge is 0.315 e. The highest BCUT2D eigenvalue weighted by Crippen LogP contribution is 2.01. The molecule has 0 fully saturated rings. The molecule has 0 atom stereocenters. The van der Waals surface area contributed by atoms with Crippen LogP contribution in [0, 0.1) is 0 Å². The first-order valence-electron chi connectivity index (χ1n) is 7.26. The van der Waals surface area contributed by atoms with E-state index in [0.717, 1.165) is 12.8 Å². The summed E-state index contributed by atoms with van der Waals surface area (Å²) in [6.07, 6.45) is 1.82. The van der Waals surface area contributed by atoms with Gasteiger partial charge in [-0.1, -0.05) is 30.3 Å². The van der Waals surface area contributed by atoms with E-state index in [4.69, 9.17) is 0 Å². The highest BCUT2D eigenvalue weighted by atomic mass is 16.5. The van der Waals surface area contributed by atoms with Crippen LogP contribution >= 0.6 is 0 Å². The Morgan fingerprint density at radius 1 is 1.05 bits per heavy atom. The van der Waals surface area contributed by atoms with Gasteiger partial charge in [0.2, 0.25) is 0 Å². The van der Waals surface area contributed by atoms with Crippen molar-refractivity contribution in [1.82, 2.24) is 10.6 Å². The van der Waals surface area contributed by atoms with Crippen molar-refractivity contribution in [2.45, 2.75) is 25.7 Å². The number of hydrogen-bond donors (Lipinski definition) is 2. The molecule has 2 N–H and O–H groups in total. The summed E-state index contributed by atoms with van der Waals surface area (Å²) >= 11 is 0. The fraction of sp³-hybridized carbons (Fsp3) is 0.438. The molecule has 0 saturated carbocycles. The van der Waals surface area contributed by atoms with Crippen molar-refractivity contribution < 1.29 is 19.1 Å². The number of ether oxygens (including phenoxy) is 1. The van der Waals surface area contributed by atoms with Crippen molar-refractivity contribution >= 4 is 17.8 Å². The Bertz CT molecular complexity index is 488. The average molecular weight is 306 g/mol. The molecule has 2 amide bonds. The zero-order chi connectivity index (χ0) is 16.2. The summed E-state index contributed by atoms with van der Waals surface area (Å²) in [4.78, 5) is 33.8. The van der Waals surface area contributed by atoms with Crippen LogP contribution in [-0.2, 0) is 20.7 Å². The van der Waals surface area contributed by atoms with Gasteiger partial charge in [-0.05, 0) is 18.4 Å². The normalized spacial score (nSPS) is 9.86. The molecule has 0 bridgehead atoms.